The first kappa shape index (κ1) is 22.1. The number of rotatable bonds is 7. The van der Waals surface area contributed by atoms with Crippen molar-refractivity contribution in [2.75, 3.05) is 0 Å². The van der Waals surface area contributed by atoms with Crippen LogP contribution in [0.4, 0.5) is 0 Å². The normalized spacial score (nSPS) is 16.9. The number of aromatic hydroxyl groups is 1. The van der Waals surface area contributed by atoms with E-state index in [1.54, 1.807) is 55.5 Å². The van der Waals surface area contributed by atoms with Gasteiger partial charge < -0.3 is 19.3 Å². The average molecular weight is 444 g/mol. The first-order chi connectivity index (χ1) is 15.9. The Morgan fingerprint density at radius 1 is 0.818 bits per heavy atom. The summed E-state index contributed by atoms with van der Waals surface area (Å²) in [5.74, 6) is 0.444. The van der Waals surface area contributed by atoms with Crippen LogP contribution in [0.2, 0.25) is 0 Å². The Kier molecular flexibility index (Phi) is 6.45. The minimum atomic E-state index is -0.464. The highest BCUT2D eigenvalue weighted by Gasteiger charge is 2.34. The van der Waals surface area contributed by atoms with Gasteiger partial charge in [0.2, 0.25) is 0 Å². The van der Waals surface area contributed by atoms with Crippen molar-refractivity contribution in [3.05, 3.63) is 90.5 Å². The standard InChI is InChI=1S/C27H24O6/c1-17(2)26(29)33-25-15-24(16-25)31-22-13-7-20(8-14-22)27(30)32-23-11-5-19(6-12-23)18-3-9-21(28)10-4-18/h3-14,24-25,28H,1,15-16H2,2H3. The molecule has 4 rings (SSSR count). The molecule has 168 valence electrons. The zero-order valence-electron chi connectivity index (χ0n) is 18.2. The van der Waals surface area contributed by atoms with Gasteiger partial charge in [0.25, 0.3) is 0 Å². The maximum Gasteiger partial charge on any atom is 0.343 e. The molecule has 1 N–H and O–H groups in total. The number of benzene rings is 3. The molecular formula is C27H24O6. The highest BCUT2D eigenvalue weighted by atomic mass is 16.6. The third-order valence-electron chi connectivity index (χ3n) is 5.33. The molecule has 3 aromatic rings. The lowest BCUT2D eigenvalue weighted by Gasteiger charge is -2.34. The average Bonchev–Trinajstić information content (AvgIpc) is 2.79. The Bertz CT molecular complexity index is 1140. The van der Waals surface area contributed by atoms with Gasteiger partial charge in [-0.15, -0.1) is 0 Å². The lowest BCUT2D eigenvalue weighted by molar-refractivity contribution is -0.152. The van der Waals surface area contributed by atoms with Crippen molar-refractivity contribution in [3.63, 3.8) is 0 Å². The van der Waals surface area contributed by atoms with Crippen molar-refractivity contribution in [1.29, 1.82) is 0 Å². The third kappa shape index (κ3) is 5.60. The molecule has 0 saturated heterocycles. The monoisotopic (exact) mass is 444 g/mol. The lowest BCUT2D eigenvalue weighted by atomic mass is 9.92. The zero-order chi connectivity index (χ0) is 23.4. The minimum absolute atomic E-state index is 0.0298. The molecule has 0 aromatic heterocycles. The Hall–Kier alpha value is -4.06. The number of carbonyl (C=O) groups excluding carboxylic acids is 2. The molecule has 1 saturated carbocycles. The van der Waals surface area contributed by atoms with Gasteiger partial charge in [-0.05, 0) is 66.6 Å². The number of hydrogen-bond donors (Lipinski definition) is 1. The van der Waals surface area contributed by atoms with E-state index in [0.717, 1.165) is 11.1 Å². The van der Waals surface area contributed by atoms with Crippen LogP contribution in [0.1, 0.15) is 30.1 Å². The quantitative estimate of drug-likeness (QED) is 0.302. The summed E-state index contributed by atoms with van der Waals surface area (Å²) >= 11 is 0. The molecule has 0 spiro atoms. The molecule has 0 unspecified atom stereocenters. The van der Waals surface area contributed by atoms with Crippen LogP contribution >= 0.6 is 0 Å². The molecule has 3 aromatic carbocycles. The second-order valence-electron chi connectivity index (χ2n) is 8.00. The van der Waals surface area contributed by atoms with Crippen LogP contribution in [0.15, 0.2) is 84.9 Å². The maximum absolute atomic E-state index is 12.5. The van der Waals surface area contributed by atoms with Gasteiger partial charge in [-0.1, -0.05) is 30.8 Å². The summed E-state index contributed by atoms with van der Waals surface area (Å²) < 4.78 is 16.6. The van der Waals surface area contributed by atoms with E-state index in [1.165, 1.54) is 0 Å². The molecule has 0 heterocycles. The van der Waals surface area contributed by atoms with E-state index < -0.39 is 5.97 Å². The smallest absolute Gasteiger partial charge is 0.343 e. The summed E-state index contributed by atoms with van der Waals surface area (Å²) in [6.07, 6.45) is 1.08. The fraction of sp³-hybridized carbons (Fsp3) is 0.185. The van der Waals surface area contributed by atoms with Gasteiger partial charge >= 0.3 is 11.9 Å². The first-order valence-electron chi connectivity index (χ1n) is 10.6. The van der Waals surface area contributed by atoms with Crippen LogP contribution in [0.25, 0.3) is 11.1 Å². The van der Waals surface area contributed by atoms with E-state index in [9.17, 15) is 14.7 Å². The zero-order valence-corrected chi connectivity index (χ0v) is 18.2. The van der Waals surface area contributed by atoms with Gasteiger partial charge in [0, 0.05) is 18.4 Å². The maximum atomic E-state index is 12.5. The topological polar surface area (TPSA) is 82.1 Å². The summed E-state index contributed by atoms with van der Waals surface area (Å²) in [6, 6.07) is 20.8. The molecule has 6 nitrogen and oxygen atoms in total. The SMILES string of the molecule is C=C(C)C(=O)OC1CC(Oc2ccc(C(=O)Oc3ccc(-c4ccc(O)cc4)cc3)cc2)C1. The van der Waals surface area contributed by atoms with Crippen LogP contribution in [0.3, 0.4) is 0 Å². The number of ether oxygens (including phenoxy) is 3. The first-order valence-corrected chi connectivity index (χ1v) is 10.6. The van der Waals surface area contributed by atoms with Gasteiger partial charge in [0.15, 0.2) is 0 Å². The predicted octanol–water partition coefficient (Wildman–Crippen LogP) is 5.31. The third-order valence-corrected chi connectivity index (χ3v) is 5.33. The second kappa shape index (κ2) is 9.61. The molecule has 0 amide bonds. The molecule has 1 aliphatic rings. The highest BCUT2D eigenvalue weighted by molar-refractivity contribution is 5.91. The number of phenols is 1. The van der Waals surface area contributed by atoms with Crippen molar-refractivity contribution in [3.8, 4) is 28.4 Å². The molecule has 0 atom stereocenters. The molecular weight excluding hydrogens is 420 g/mol. The number of esters is 2. The number of phenolic OH excluding ortho intramolecular Hbond substituents is 1. The van der Waals surface area contributed by atoms with Crippen LogP contribution in [0.5, 0.6) is 17.2 Å². The van der Waals surface area contributed by atoms with Crippen LogP contribution in [-0.2, 0) is 9.53 Å². The Morgan fingerprint density at radius 3 is 1.94 bits per heavy atom. The van der Waals surface area contributed by atoms with E-state index in [2.05, 4.69) is 6.58 Å². The van der Waals surface area contributed by atoms with E-state index in [4.69, 9.17) is 14.2 Å². The number of carbonyl (C=O) groups is 2. The van der Waals surface area contributed by atoms with Crippen molar-refractivity contribution in [2.24, 2.45) is 0 Å². The predicted molar refractivity (Wildman–Crippen MR) is 123 cm³/mol. The second-order valence-corrected chi connectivity index (χ2v) is 8.00. The summed E-state index contributed by atoms with van der Waals surface area (Å²) in [5, 5.41) is 9.40. The highest BCUT2D eigenvalue weighted by Crippen LogP contribution is 2.29. The fourth-order valence-corrected chi connectivity index (χ4v) is 3.36. The van der Waals surface area contributed by atoms with E-state index >= 15 is 0 Å². The number of hydrogen-bond acceptors (Lipinski definition) is 6. The van der Waals surface area contributed by atoms with Crippen molar-refractivity contribution >= 4 is 11.9 Å². The molecule has 1 fully saturated rings. The van der Waals surface area contributed by atoms with Gasteiger partial charge in [-0.3, -0.25) is 0 Å². The van der Waals surface area contributed by atoms with E-state index in [1.807, 2.05) is 24.3 Å². The largest absolute Gasteiger partial charge is 0.508 e. The molecule has 0 aliphatic heterocycles. The Labute approximate surface area is 192 Å². The molecule has 1 aliphatic carbocycles. The van der Waals surface area contributed by atoms with Gasteiger partial charge in [0.1, 0.15) is 29.5 Å². The summed E-state index contributed by atoms with van der Waals surface area (Å²) in [7, 11) is 0. The van der Waals surface area contributed by atoms with Gasteiger partial charge in [-0.2, -0.15) is 0 Å². The van der Waals surface area contributed by atoms with Crippen molar-refractivity contribution in [1.82, 2.24) is 0 Å². The van der Waals surface area contributed by atoms with Crippen molar-refractivity contribution in [2.45, 2.75) is 32.0 Å². The van der Waals surface area contributed by atoms with Gasteiger partial charge in [-0.25, -0.2) is 9.59 Å². The molecule has 6 heteroatoms. The summed E-state index contributed by atoms with van der Waals surface area (Å²) in [5.41, 5.74) is 2.69. The van der Waals surface area contributed by atoms with E-state index in [0.29, 0.717) is 35.5 Å². The molecule has 0 bridgehead atoms. The molecule has 0 radical (unpaired) electrons. The summed E-state index contributed by atoms with van der Waals surface area (Å²) in [4.78, 5) is 24.0. The van der Waals surface area contributed by atoms with Crippen LogP contribution in [0, 0.1) is 0 Å². The Morgan fingerprint density at radius 2 is 1.36 bits per heavy atom. The van der Waals surface area contributed by atoms with Gasteiger partial charge in [0.05, 0.1) is 5.56 Å². The molecule has 33 heavy (non-hydrogen) atoms. The van der Waals surface area contributed by atoms with Crippen molar-refractivity contribution < 1.29 is 28.9 Å². The lowest BCUT2D eigenvalue weighted by Crippen LogP contribution is -2.40. The van der Waals surface area contributed by atoms with E-state index in [-0.39, 0.29) is 23.9 Å². The fourth-order valence-electron chi connectivity index (χ4n) is 3.36. The van der Waals surface area contributed by atoms with Crippen LogP contribution < -0.4 is 9.47 Å². The summed E-state index contributed by atoms with van der Waals surface area (Å²) in [6.45, 7) is 5.19. The minimum Gasteiger partial charge on any atom is -0.508 e. The Balaban J connectivity index is 1.28. The van der Waals surface area contributed by atoms with Crippen LogP contribution in [-0.4, -0.2) is 29.3 Å².